The van der Waals surface area contributed by atoms with Crippen molar-refractivity contribution < 1.29 is 18.4 Å². The van der Waals surface area contributed by atoms with Crippen LogP contribution in [-0.4, -0.2) is 23.3 Å². The van der Waals surface area contributed by atoms with Crippen LogP contribution in [0.2, 0.25) is 0 Å². The molecular weight excluding hydrogens is 364 g/mol. The number of aromatic nitrogens is 1. The molecule has 1 N–H and O–H groups in total. The molecule has 0 unspecified atom stereocenters. The maximum absolute atomic E-state index is 13.3. The van der Waals surface area contributed by atoms with E-state index in [4.69, 9.17) is 0 Å². The summed E-state index contributed by atoms with van der Waals surface area (Å²) in [7, 11) is 0. The van der Waals surface area contributed by atoms with E-state index < -0.39 is 17.5 Å². The van der Waals surface area contributed by atoms with Gasteiger partial charge >= 0.3 is 0 Å². The van der Waals surface area contributed by atoms with E-state index in [-0.39, 0.29) is 22.9 Å². The van der Waals surface area contributed by atoms with Crippen molar-refractivity contribution in [2.45, 2.75) is 6.42 Å². The molecule has 1 aromatic heterocycles. The predicted octanol–water partition coefficient (Wildman–Crippen LogP) is 3.82. The molecule has 0 bridgehead atoms. The first-order valence-corrected chi connectivity index (χ1v) is 8.65. The first-order chi connectivity index (χ1) is 13.5. The van der Waals surface area contributed by atoms with Gasteiger partial charge in [-0.15, -0.1) is 0 Å². The summed E-state index contributed by atoms with van der Waals surface area (Å²) in [6, 6.07) is 13.5. The van der Waals surface area contributed by atoms with Crippen molar-refractivity contribution in [2.24, 2.45) is 0 Å². The van der Waals surface area contributed by atoms with Crippen LogP contribution in [0.15, 0.2) is 60.8 Å². The Morgan fingerprint density at radius 1 is 1.00 bits per heavy atom. The summed E-state index contributed by atoms with van der Waals surface area (Å²) >= 11 is 0. The topological polar surface area (TPSA) is 62.3 Å². The Morgan fingerprint density at radius 3 is 2.64 bits per heavy atom. The van der Waals surface area contributed by atoms with Crippen LogP contribution in [0.5, 0.6) is 0 Å². The third-order valence-electron chi connectivity index (χ3n) is 4.55. The van der Waals surface area contributed by atoms with Gasteiger partial charge in [0.05, 0.1) is 0 Å². The van der Waals surface area contributed by atoms with Crippen LogP contribution >= 0.6 is 0 Å². The van der Waals surface area contributed by atoms with E-state index in [1.807, 2.05) is 24.3 Å². The molecule has 2 heterocycles. The quantitative estimate of drug-likeness (QED) is 0.753. The summed E-state index contributed by atoms with van der Waals surface area (Å²) in [6.45, 7) is 0.547. The number of pyridine rings is 1. The molecule has 140 valence electrons. The van der Waals surface area contributed by atoms with E-state index in [2.05, 4.69) is 10.3 Å². The minimum atomic E-state index is -1.06. The Morgan fingerprint density at radius 2 is 1.82 bits per heavy atom. The number of nitrogens with one attached hydrogen (secondary N) is 1. The lowest BCUT2D eigenvalue weighted by atomic mass is 10.1. The van der Waals surface area contributed by atoms with Gasteiger partial charge < -0.3 is 10.2 Å². The number of rotatable bonds is 3. The lowest BCUT2D eigenvalue weighted by Crippen LogP contribution is -2.30. The van der Waals surface area contributed by atoms with Crippen LogP contribution in [0.1, 0.15) is 26.4 Å². The minimum Gasteiger partial charge on any atom is -0.322 e. The Kier molecular flexibility index (Phi) is 4.57. The number of carbonyl (C=O) groups is 2. The molecule has 3 aromatic rings. The maximum Gasteiger partial charge on any atom is 0.276 e. The third-order valence-corrected chi connectivity index (χ3v) is 4.55. The number of amides is 2. The zero-order chi connectivity index (χ0) is 19.7. The van der Waals surface area contributed by atoms with Gasteiger partial charge in [-0.2, -0.15) is 0 Å². The maximum atomic E-state index is 13.3. The molecule has 2 amide bonds. The van der Waals surface area contributed by atoms with Gasteiger partial charge in [-0.05, 0) is 42.3 Å². The fourth-order valence-corrected chi connectivity index (χ4v) is 3.15. The number of carbonyl (C=O) groups excluding carboxylic acids is 2. The zero-order valence-corrected chi connectivity index (χ0v) is 14.7. The second-order valence-electron chi connectivity index (χ2n) is 6.35. The standard InChI is InChI=1S/C21H15F2N3O2/c22-16-6-5-15(12-17(16)23)25-20(27)14-7-9-24-18(11-14)21(28)26-10-8-13-3-1-2-4-19(13)26/h1-7,9,11-12H,8,10H2,(H,25,27). The normalized spacial score (nSPS) is 12.6. The van der Waals surface area contributed by atoms with Gasteiger partial charge in [0.1, 0.15) is 5.69 Å². The number of fused-ring (bicyclic) bond motifs is 1. The summed E-state index contributed by atoms with van der Waals surface area (Å²) < 4.78 is 26.3. The fraction of sp³-hybridized carbons (Fsp3) is 0.0952. The van der Waals surface area contributed by atoms with Crippen LogP contribution in [0.3, 0.4) is 0 Å². The largest absolute Gasteiger partial charge is 0.322 e. The average Bonchev–Trinajstić information content (AvgIpc) is 3.14. The molecule has 0 atom stereocenters. The lowest BCUT2D eigenvalue weighted by Gasteiger charge is -2.17. The van der Waals surface area contributed by atoms with Gasteiger partial charge in [-0.3, -0.25) is 14.6 Å². The fourth-order valence-electron chi connectivity index (χ4n) is 3.15. The predicted molar refractivity (Wildman–Crippen MR) is 100 cm³/mol. The van der Waals surface area contributed by atoms with E-state index >= 15 is 0 Å². The summed E-state index contributed by atoms with van der Waals surface area (Å²) in [5.41, 5.74) is 2.36. The van der Waals surface area contributed by atoms with Gasteiger partial charge in [0.15, 0.2) is 11.6 Å². The number of hydrogen-bond donors (Lipinski definition) is 1. The number of benzene rings is 2. The number of nitrogens with zero attached hydrogens (tertiary/aromatic N) is 2. The van der Waals surface area contributed by atoms with Gasteiger partial charge in [0.2, 0.25) is 0 Å². The van der Waals surface area contributed by atoms with Crippen LogP contribution < -0.4 is 10.2 Å². The molecular formula is C21H15F2N3O2. The lowest BCUT2D eigenvalue weighted by molar-refractivity contribution is 0.0984. The highest BCUT2D eigenvalue weighted by Crippen LogP contribution is 2.28. The summed E-state index contributed by atoms with van der Waals surface area (Å²) in [4.78, 5) is 31.0. The molecule has 4 rings (SSSR count). The van der Waals surface area contributed by atoms with E-state index in [1.165, 1.54) is 24.4 Å². The monoisotopic (exact) mass is 379 g/mol. The Labute approximate surface area is 159 Å². The van der Waals surface area contributed by atoms with Crippen molar-refractivity contribution in [1.29, 1.82) is 0 Å². The first-order valence-electron chi connectivity index (χ1n) is 8.65. The van der Waals surface area contributed by atoms with Crippen LogP contribution in [0, 0.1) is 11.6 Å². The Hall–Kier alpha value is -3.61. The van der Waals surface area contributed by atoms with Crippen molar-refractivity contribution in [2.75, 3.05) is 16.8 Å². The number of hydrogen-bond acceptors (Lipinski definition) is 3. The summed E-state index contributed by atoms with van der Waals surface area (Å²) in [5.74, 6) is -2.91. The van der Waals surface area contributed by atoms with Crippen molar-refractivity contribution in [3.05, 3.63) is 89.2 Å². The first kappa shape index (κ1) is 17.8. The Bertz CT molecular complexity index is 1080. The van der Waals surface area contributed by atoms with Gasteiger partial charge in [-0.25, -0.2) is 8.78 Å². The zero-order valence-electron chi connectivity index (χ0n) is 14.7. The molecule has 1 aliphatic rings. The van der Waals surface area contributed by atoms with Crippen molar-refractivity contribution in [3.8, 4) is 0 Å². The molecule has 0 saturated carbocycles. The molecule has 0 saturated heterocycles. The number of anilines is 2. The van der Waals surface area contributed by atoms with E-state index in [0.717, 1.165) is 29.8 Å². The molecule has 0 radical (unpaired) electrons. The van der Waals surface area contributed by atoms with Crippen molar-refractivity contribution >= 4 is 23.2 Å². The molecule has 1 aliphatic heterocycles. The molecule has 0 spiro atoms. The van der Waals surface area contributed by atoms with Gasteiger partial charge in [0.25, 0.3) is 11.8 Å². The summed E-state index contributed by atoms with van der Waals surface area (Å²) in [6.07, 6.45) is 2.13. The van der Waals surface area contributed by atoms with Gasteiger partial charge in [0, 0.05) is 35.7 Å². The van der Waals surface area contributed by atoms with Crippen LogP contribution in [-0.2, 0) is 6.42 Å². The molecule has 5 nitrogen and oxygen atoms in total. The molecule has 7 heteroatoms. The SMILES string of the molecule is O=C(Nc1ccc(F)c(F)c1)c1ccnc(C(=O)N2CCc3ccccc32)c1. The average molecular weight is 379 g/mol. The highest BCUT2D eigenvalue weighted by Gasteiger charge is 2.26. The van der Waals surface area contributed by atoms with Crippen molar-refractivity contribution in [3.63, 3.8) is 0 Å². The minimum absolute atomic E-state index is 0.113. The van der Waals surface area contributed by atoms with E-state index in [1.54, 1.807) is 4.90 Å². The smallest absolute Gasteiger partial charge is 0.276 e. The number of halogens is 2. The molecule has 28 heavy (non-hydrogen) atoms. The second kappa shape index (κ2) is 7.19. The van der Waals surface area contributed by atoms with Crippen molar-refractivity contribution in [1.82, 2.24) is 4.98 Å². The molecule has 2 aromatic carbocycles. The summed E-state index contributed by atoms with van der Waals surface area (Å²) in [5, 5.41) is 2.48. The van der Waals surface area contributed by atoms with Crippen LogP contribution in [0.4, 0.5) is 20.2 Å². The third kappa shape index (κ3) is 3.34. The highest BCUT2D eigenvalue weighted by atomic mass is 19.2. The number of para-hydroxylation sites is 1. The Balaban J connectivity index is 1.55. The van der Waals surface area contributed by atoms with E-state index in [9.17, 15) is 18.4 Å². The molecule has 0 aliphatic carbocycles. The molecule has 0 fully saturated rings. The highest BCUT2D eigenvalue weighted by molar-refractivity contribution is 6.09. The van der Waals surface area contributed by atoms with E-state index in [0.29, 0.717) is 6.54 Å². The van der Waals surface area contributed by atoms with Gasteiger partial charge in [-0.1, -0.05) is 18.2 Å². The van der Waals surface area contributed by atoms with Crippen LogP contribution in [0.25, 0.3) is 0 Å². The second-order valence-corrected chi connectivity index (χ2v) is 6.35.